The highest BCUT2D eigenvalue weighted by Crippen LogP contribution is 2.60. The molecule has 1 spiro atoms. The molecule has 2 amide bonds. The fourth-order valence-corrected chi connectivity index (χ4v) is 7.35. The second-order valence-electron chi connectivity index (χ2n) is 10.9. The molecule has 1 saturated carbocycles. The van der Waals surface area contributed by atoms with Crippen molar-refractivity contribution in [1.29, 1.82) is 0 Å². The number of ether oxygens (including phenoxy) is 2. The summed E-state index contributed by atoms with van der Waals surface area (Å²) in [6.07, 6.45) is 8.84. The monoisotopic (exact) mass is 522 g/mol. The fraction of sp³-hybridized carbons (Fsp3) is 0.567. The van der Waals surface area contributed by atoms with E-state index in [0.29, 0.717) is 19.4 Å². The Hall–Kier alpha value is -2.97. The van der Waals surface area contributed by atoms with Crippen LogP contribution in [0.2, 0.25) is 0 Å². The molecular weight excluding hydrogens is 484 g/mol. The average Bonchev–Trinajstić information content (AvgIpc) is 3.59. The molecule has 5 rings (SSSR count). The van der Waals surface area contributed by atoms with Gasteiger partial charge >= 0.3 is 5.97 Å². The van der Waals surface area contributed by atoms with Crippen LogP contribution in [0.15, 0.2) is 55.6 Å². The highest BCUT2D eigenvalue weighted by Gasteiger charge is 2.75. The van der Waals surface area contributed by atoms with Crippen LogP contribution in [-0.4, -0.2) is 76.2 Å². The number of fused-ring (bicyclic) bond motifs is 1. The molecule has 4 fully saturated rings. The van der Waals surface area contributed by atoms with Crippen LogP contribution in [0, 0.1) is 11.8 Å². The van der Waals surface area contributed by atoms with Gasteiger partial charge in [-0.15, -0.1) is 6.58 Å². The van der Waals surface area contributed by atoms with Crippen LogP contribution < -0.4 is 0 Å². The lowest BCUT2D eigenvalue weighted by molar-refractivity contribution is -0.156. The number of likely N-dealkylation sites (tertiary alicyclic amines) is 1. The largest absolute Gasteiger partial charge is 0.461 e. The topological polar surface area (TPSA) is 96.4 Å². The number of nitrogens with zero attached hydrogens (tertiary/aromatic N) is 2. The number of hydrogen-bond donors (Lipinski definition) is 1. The molecule has 8 heteroatoms. The second kappa shape index (κ2) is 11.0. The number of amides is 2. The number of carbonyl (C=O) groups excluding carboxylic acids is 3. The van der Waals surface area contributed by atoms with Crippen molar-refractivity contribution < 1.29 is 29.0 Å². The van der Waals surface area contributed by atoms with Gasteiger partial charge in [-0.1, -0.05) is 68.3 Å². The lowest BCUT2D eigenvalue weighted by Crippen LogP contribution is -2.59. The number of rotatable bonds is 10. The van der Waals surface area contributed by atoms with E-state index in [1.54, 1.807) is 6.08 Å². The zero-order chi connectivity index (χ0) is 26.9. The van der Waals surface area contributed by atoms with Gasteiger partial charge in [-0.05, 0) is 31.2 Å². The second-order valence-corrected chi connectivity index (χ2v) is 10.9. The lowest BCUT2D eigenvalue weighted by atomic mass is 9.70. The first-order valence-electron chi connectivity index (χ1n) is 13.8. The molecule has 0 radical (unpaired) electrons. The fourth-order valence-electron chi connectivity index (χ4n) is 7.35. The van der Waals surface area contributed by atoms with Gasteiger partial charge in [0, 0.05) is 12.6 Å². The summed E-state index contributed by atoms with van der Waals surface area (Å²) >= 11 is 0. The van der Waals surface area contributed by atoms with E-state index in [4.69, 9.17) is 9.47 Å². The minimum absolute atomic E-state index is 0.0418. The third-order valence-electron chi connectivity index (χ3n) is 8.90. The normalized spacial score (nSPS) is 31.1. The van der Waals surface area contributed by atoms with Crippen LogP contribution in [0.5, 0.6) is 0 Å². The van der Waals surface area contributed by atoms with Crippen molar-refractivity contribution in [3.63, 3.8) is 0 Å². The molecule has 8 nitrogen and oxygen atoms in total. The first kappa shape index (κ1) is 26.6. The van der Waals surface area contributed by atoms with Crippen LogP contribution in [0.25, 0.3) is 0 Å². The van der Waals surface area contributed by atoms with E-state index >= 15 is 0 Å². The Morgan fingerprint density at radius 3 is 2.55 bits per heavy atom. The Labute approximate surface area is 224 Å². The van der Waals surface area contributed by atoms with E-state index < -0.39 is 41.6 Å². The van der Waals surface area contributed by atoms with E-state index in [2.05, 4.69) is 13.2 Å². The smallest absolute Gasteiger partial charge is 0.312 e. The van der Waals surface area contributed by atoms with E-state index in [0.717, 1.165) is 37.7 Å². The third-order valence-corrected chi connectivity index (χ3v) is 8.90. The maximum Gasteiger partial charge on any atom is 0.312 e. The van der Waals surface area contributed by atoms with Gasteiger partial charge in [0.1, 0.15) is 18.2 Å². The van der Waals surface area contributed by atoms with Gasteiger partial charge in [0.2, 0.25) is 11.8 Å². The Morgan fingerprint density at radius 1 is 1.16 bits per heavy atom. The van der Waals surface area contributed by atoms with Gasteiger partial charge < -0.3 is 24.4 Å². The van der Waals surface area contributed by atoms with Crippen molar-refractivity contribution in [3.05, 3.63) is 61.2 Å². The summed E-state index contributed by atoms with van der Waals surface area (Å²) in [7, 11) is 0. The molecule has 0 aromatic heterocycles. The summed E-state index contributed by atoms with van der Waals surface area (Å²) in [5, 5.41) is 10.6. The van der Waals surface area contributed by atoms with E-state index in [-0.39, 0.29) is 31.1 Å². The van der Waals surface area contributed by atoms with Crippen LogP contribution in [0.1, 0.15) is 56.6 Å². The molecule has 2 unspecified atom stereocenters. The van der Waals surface area contributed by atoms with E-state index in [1.165, 1.54) is 11.0 Å². The summed E-state index contributed by atoms with van der Waals surface area (Å²) in [5.74, 6) is -2.67. The summed E-state index contributed by atoms with van der Waals surface area (Å²) in [6.45, 7) is 7.56. The maximum absolute atomic E-state index is 14.6. The Kier molecular flexibility index (Phi) is 7.73. The molecule has 3 aliphatic heterocycles. The molecule has 3 heterocycles. The van der Waals surface area contributed by atoms with Crippen molar-refractivity contribution in [2.75, 3.05) is 19.8 Å². The predicted molar refractivity (Wildman–Crippen MR) is 141 cm³/mol. The molecule has 1 N–H and O–H groups in total. The van der Waals surface area contributed by atoms with Gasteiger partial charge in [0.25, 0.3) is 0 Å². The number of aliphatic hydroxyl groups excluding tert-OH is 1. The molecule has 1 aromatic carbocycles. The molecule has 2 bridgehead atoms. The lowest BCUT2D eigenvalue weighted by Gasteiger charge is -2.42. The molecule has 38 heavy (non-hydrogen) atoms. The molecular formula is C30H38N2O6. The van der Waals surface area contributed by atoms with Crippen LogP contribution in [0.3, 0.4) is 0 Å². The Morgan fingerprint density at radius 2 is 1.89 bits per heavy atom. The van der Waals surface area contributed by atoms with Crippen molar-refractivity contribution in [1.82, 2.24) is 9.80 Å². The van der Waals surface area contributed by atoms with Gasteiger partial charge in [-0.2, -0.15) is 0 Å². The molecule has 4 aliphatic rings. The minimum Gasteiger partial charge on any atom is -0.461 e. The summed E-state index contributed by atoms with van der Waals surface area (Å²) in [4.78, 5) is 45.5. The van der Waals surface area contributed by atoms with Crippen molar-refractivity contribution in [2.24, 2.45) is 11.8 Å². The molecule has 6 atom stereocenters. The summed E-state index contributed by atoms with van der Waals surface area (Å²) < 4.78 is 11.9. The zero-order valence-electron chi connectivity index (χ0n) is 21.9. The highest BCUT2D eigenvalue weighted by atomic mass is 16.6. The van der Waals surface area contributed by atoms with Crippen LogP contribution >= 0.6 is 0 Å². The standard InChI is InChI=1S/C30H38N2O6/c1-3-17-31(21-13-9-6-10-14-21)28(35)26-30-16-15-23(38-30)24(29(36)37-18-4-2)25(30)27(34)32(26)22(19-33)20-11-7-5-8-12-20/h3-5,7-8,11-12,21-26,33H,1-2,6,9-10,13-19H2/t22-,23+,24-,25+,26?,30?/m1/s1. The minimum atomic E-state index is -1.15. The molecule has 3 saturated heterocycles. The zero-order valence-corrected chi connectivity index (χ0v) is 21.9. The van der Waals surface area contributed by atoms with E-state index in [1.807, 2.05) is 35.2 Å². The van der Waals surface area contributed by atoms with Crippen molar-refractivity contribution in [3.8, 4) is 0 Å². The van der Waals surface area contributed by atoms with Crippen LogP contribution in [-0.2, 0) is 23.9 Å². The number of esters is 1. The summed E-state index contributed by atoms with van der Waals surface area (Å²) in [6, 6.07) is 7.60. The van der Waals surface area contributed by atoms with Gasteiger partial charge in [0.15, 0.2) is 0 Å². The van der Waals surface area contributed by atoms with Gasteiger partial charge in [-0.25, -0.2) is 0 Å². The number of hydrogen-bond acceptors (Lipinski definition) is 6. The Balaban J connectivity index is 1.59. The summed E-state index contributed by atoms with van der Waals surface area (Å²) in [5.41, 5.74) is -0.418. The van der Waals surface area contributed by atoms with E-state index in [9.17, 15) is 19.5 Å². The number of benzene rings is 1. The number of aliphatic hydroxyl groups is 1. The SMILES string of the molecule is C=CCOC(=O)[C@@H]1[C@@H]2CCC3(O2)C(C(=O)N(CC=C)C2CCCCC2)N([C@H](CO)c2ccccc2)C(=O)[C@H]13. The first-order valence-corrected chi connectivity index (χ1v) is 13.8. The van der Waals surface area contributed by atoms with Gasteiger partial charge in [0.05, 0.1) is 30.6 Å². The van der Waals surface area contributed by atoms with Crippen molar-refractivity contribution >= 4 is 17.8 Å². The predicted octanol–water partition coefficient (Wildman–Crippen LogP) is 3.17. The third kappa shape index (κ3) is 4.28. The first-order chi connectivity index (χ1) is 18.5. The maximum atomic E-state index is 14.6. The molecule has 1 aliphatic carbocycles. The molecule has 1 aromatic rings. The Bertz CT molecular complexity index is 1070. The quantitative estimate of drug-likeness (QED) is 0.375. The number of carbonyl (C=O) groups is 3. The molecule has 204 valence electrons. The van der Waals surface area contributed by atoms with Crippen molar-refractivity contribution in [2.45, 2.75) is 74.8 Å². The van der Waals surface area contributed by atoms with Crippen LogP contribution in [0.4, 0.5) is 0 Å². The highest BCUT2D eigenvalue weighted by molar-refractivity contribution is 5.98. The average molecular weight is 523 g/mol. The van der Waals surface area contributed by atoms with Gasteiger partial charge in [-0.3, -0.25) is 14.4 Å².